The molecule has 35 heavy (non-hydrogen) atoms. The van der Waals surface area contributed by atoms with Crippen molar-refractivity contribution in [3.63, 3.8) is 0 Å². The minimum atomic E-state index is -6.64. The molecule has 8 nitrogen and oxygen atoms in total. The van der Waals surface area contributed by atoms with Crippen LogP contribution in [0.15, 0.2) is 33.9 Å². The highest BCUT2D eigenvalue weighted by Crippen LogP contribution is 2.59. The number of allylic oxidation sites excluding steroid dienone is 1. The van der Waals surface area contributed by atoms with E-state index in [2.05, 4.69) is 4.99 Å². The maximum atomic E-state index is 13.7. The average Bonchev–Trinajstić information content (AvgIpc) is 3.06. The number of hydrogen-bond acceptors (Lipinski definition) is 6. The first-order valence-corrected chi connectivity index (χ1v) is 9.36. The number of nitro benzene ring substituents is 1. The summed E-state index contributed by atoms with van der Waals surface area (Å²) < 4.78 is 132. The van der Waals surface area contributed by atoms with Crippen molar-refractivity contribution in [1.82, 2.24) is 10.6 Å². The van der Waals surface area contributed by atoms with Crippen LogP contribution in [0.5, 0.6) is 0 Å². The molecule has 1 aromatic rings. The molecule has 0 bridgehead atoms. The van der Waals surface area contributed by atoms with E-state index in [1.165, 1.54) is 10.6 Å². The molecule has 1 aliphatic rings. The molecule has 3 amide bonds. The molecule has 0 unspecified atom stereocenters. The molecule has 1 heterocycles. The van der Waals surface area contributed by atoms with E-state index in [0.29, 0.717) is 6.07 Å². The number of benzene rings is 1. The summed E-state index contributed by atoms with van der Waals surface area (Å²) in [7, 11) is 0. The minimum absolute atomic E-state index is 0.589. The van der Waals surface area contributed by atoms with E-state index in [9.17, 15) is 63.6 Å². The Balaban J connectivity index is 2.40. The smallest absolute Gasteiger partial charge is 0.286 e. The molecule has 0 aliphatic carbocycles. The summed E-state index contributed by atoms with van der Waals surface area (Å²) in [5.74, 6) is -5.23. The van der Waals surface area contributed by atoms with Crippen molar-refractivity contribution in [2.45, 2.75) is 24.1 Å². The van der Waals surface area contributed by atoms with Gasteiger partial charge in [-0.2, -0.15) is 39.5 Å². The average molecular weight is 563 g/mol. The van der Waals surface area contributed by atoms with Crippen molar-refractivity contribution < 1.29 is 58.4 Å². The van der Waals surface area contributed by atoms with E-state index in [1.54, 1.807) is 0 Å². The zero-order chi connectivity index (χ0) is 27.1. The molecule has 0 fully saturated rings. The fraction of sp³-hybridized carbons (Fsp3) is 0.267. The lowest BCUT2D eigenvalue weighted by molar-refractivity contribution is -0.384. The Kier molecular flexibility index (Phi) is 7.38. The molecule has 2 N–H and O–H groups in total. The molecule has 2 rings (SSSR count). The topological polar surface area (TPSA) is 114 Å². The fourth-order valence-electron chi connectivity index (χ4n) is 2.43. The van der Waals surface area contributed by atoms with E-state index >= 15 is 0 Å². The van der Waals surface area contributed by atoms with Crippen molar-refractivity contribution in [3.05, 3.63) is 49.6 Å². The second kappa shape index (κ2) is 9.17. The van der Waals surface area contributed by atoms with Crippen LogP contribution in [0.3, 0.4) is 0 Å². The molecule has 192 valence electrons. The molecular weight excluding hydrogens is 558 g/mol. The third kappa shape index (κ3) is 5.44. The number of urea groups is 1. The Morgan fingerprint density at radius 1 is 1.06 bits per heavy atom. The monoisotopic (exact) mass is 562 g/mol. The molecule has 0 aromatic heterocycles. The van der Waals surface area contributed by atoms with Gasteiger partial charge in [0.05, 0.1) is 20.4 Å². The third-order valence-electron chi connectivity index (χ3n) is 3.92. The second-order valence-electron chi connectivity index (χ2n) is 6.20. The van der Waals surface area contributed by atoms with Crippen molar-refractivity contribution >= 4 is 46.2 Å². The number of nitrogens with one attached hydrogen (secondary N) is 2. The number of nitrogens with zero attached hydrogens (tertiary/aromatic N) is 2. The van der Waals surface area contributed by atoms with Gasteiger partial charge in [-0.1, -0.05) is 23.4 Å². The van der Waals surface area contributed by atoms with E-state index < -0.39 is 84.9 Å². The number of carbonyl (C=O) groups excluding carboxylic acids is 2. The summed E-state index contributed by atoms with van der Waals surface area (Å²) in [6.07, 6.45) is -19.6. The molecule has 0 saturated carbocycles. The highest BCUT2D eigenvalue weighted by molar-refractivity contribution is 8.17. The predicted molar refractivity (Wildman–Crippen MR) is 98.2 cm³/mol. The van der Waals surface area contributed by atoms with Crippen LogP contribution in [-0.4, -0.2) is 46.1 Å². The lowest BCUT2D eigenvalue weighted by Crippen LogP contribution is -2.55. The molecule has 20 heteroatoms. The third-order valence-corrected chi connectivity index (χ3v) is 5.30. The van der Waals surface area contributed by atoms with Crippen LogP contribution >= 0.6 is 23.4 Å². The van der Waals surface area contributed by atoms with Crippen LogP contribution in [0, 0.1) is 10.1 Å². The summed E-state index contributed by atoms with van der Waals surface area (Å²) in [4.78, 5) is 32.8. The zero-order valence-electron chi connectivity index (χ0n) is 15.8. The number of nitro groups is 1. The SMILES string of the molecule is O=C(NC(=O)c1ccc([N+](=O)[O-])cc1Cl)NC1=NC(C(F)(F)F)(C(F)(F)F)C(=C(F)C(F)(F)F)S1. The van der Waals surface area contributed by atoms with E-state index in [0.717, 1.165) is 12.1 Å². The van der Waals surface area contributed by atoms with Crippen LogP contribution in [0.2, 0.25) is 5.02 Å². The quantitative estimate of drug-likeness (QED) is 0.285. The Labute approximate surface area is 194 Å². The van der Waals surface area contributed by atoms with Gasteiger partial charge in [0.25, 0.3) is 17.1 Å². The number of alkyl halides is 9. The van der Waals surface area contributed by atoms with Crippen LogP contribution in [0.1, 0.15) is 10.4 Å². The van der Waals surface area contributed by atoms with Gasteiger partial charge >= 0.3 is 24.6 Å². The number of rotatable bonds is 2. The first kappa shape index (κ1) is 28.1. The van der Waals surface area contributed by atoms with Crippen LogP contribution < -0.4 is 10.6 Å². The van der Waals surface area contributed by atoms with E-state index in [4.69, 9.17) is 11.6 Å². The number of carbonyl (C=O) groups is 2. The largest absolute Gasteiger partial charge is 0.443 e. The highest BCUT2D eigenvalue weighted by atomic mass is 35.5. The lowest BCUT2D eigenvalue weighted by Gasteiger charge is -2.31. The summed E-state index contributed by atoms with van der Waals surface area (Å²) in [5, 5.41) is 10.8. The van der Waals surface area contributed by atoms with Gasteiger partial charge in [-0.15, -0.1) is 0 Å². The molecule has 0 atom stereocenters. The van der Waals surface area contributed by atoms with Crippen LogP contribution in [0.25, 0.3) is 0 Å². The van der Waals surface area contributed by atoms with Gasteiger partial charge in [-0.25, -0.2) is 14.2 Å². The highest BCUT2D eigenvalue weighted by Gasteiger charge is 2.77. The number of imide groups is 1. The number of aliphatic imine (C=N–C) groups is 1. The summed E-state index contributed by atoms with van der Waals surface area (Å²) in [5.41, 5.74) is -6.91. The Morgan fingerprint density at radius 2 is 1.60 bits per heavy atom. The van der Waals surface area contributed by atoms with Gasteiger partial charge in [0.2, 0.25) is 5.83 Å². The second-order valence-corrected chi connectivity index (χ2v) is 7.60. The number of halogens is 11. The number of thioether (sulfide) groups is 1. The molecule has 0 saturated heterocycles. The minimum Gasteiger partial charge on any atom is -0.286 e. The van der Waals surface area contributed by atoms with Crippen molar-refractivity contribution in [3.8, 4) is 0 Å². The van der Waals surface area contributed by atoms with Crippen LogP contribution in [0.4, 0.5) is 54.4 Å². The van der Waals surface area contributed by atoms with Gasteiger partial charge in [-0.05, 0) is 6.07 Å². The maximum absolute atomic E-state index is 13.7. The molecular formula is C15H5ClF10N4O4S. The van der Waals surface area contributed by atoms with Gasteiger partial charge < -0.3 is 0 Å². The molecule has 1 aliphatic heterocycles. The van der Waals surface area contributed by atoms with Gasteiger partial charge in [0.15, 0.2) is 5.17 Å². The Bertz CT molecular complexity index is 1130. The molecule has 0 spiro atoms. The summed E-state index contributed by atoms with van der Waals surface area (Å²) in [6, 6.07) is 0.266. The van der Waals surface area contributed by atoms with Crippen molar-refractivity contribution in [2.24, 2.45) is 4.99 Å². The van der Waals surface area contributed by atoms with Crippen molar-refractivity contribution in [2.75, 3.05) is 0 Å². The molecule has 0 radical (unpaired) electrons. The van der Waals surface area contributed by atoms with Crippen LogP contribution in [-0.2, 0) is 0 Å². The molecule has 1 aromatic carbocycles. The van der Waals surface area contributed by atoms with E-state index in [-0.39, 0.29) is 0 Å². The number of hydrogen-bond donors (Lipinski definition) is 2. The predicted octanol–water partition coefficient (Wildman–Crippen LogP) is 5.40. The number of non-ortho nitro benzene ring substituents is 1. The Hall–Kier alpha value is -3.09. The summed E-state index contributed by atoms with van der Waals surface area (Å²) in [6.45, 7) is 0. The summed E-state index contributed by atoms with van der Waals surface area (Å²) >= 11 is 4.50. The fourth-order valence-corrected chi connectivity index (χ4v) is 3.84. The number of amides is 3. The number of amidine groups is 1. The van der Waals surface area contributed by atoms with Gasteiger partial charge in [-0.3, -0.25) is 25.5 Å². The standard InChI is InChI=1S/C15H5ClF10N4O4S/c16-6-3-4(30(33)34)1-2-5(6)9(31)27-10(32)28-11-29-12(14(21,22)23,15(24,25)26)8(35-11)7(17)13(18,19)20/h1-3H,(H2,27,28,29,31,32). The first-order valence-electron chi connectivity index (χ1n) is 8.17. The van der Waals surface area contributed by atoms with Gasteiger partial charge in [0, 0.05) is 12.1 Å². The first-order chi connectivity index (χ1) is 15.7. The lowest BCUT2D eigenvalue weighted by atomic mass is 9.97. The maximum Gasteiger partial charge on any atom is 0.443 e. The Morgan fingerprint density at radius 3 is 2.03 bits per heavy atom. The van der Waals surface area contributed by atoms with E-state index in [1.807, 2.05) is 0 Å². The normalized spacial score (nSPS) is 17.5. The van der Waals surface area contributed by atoms with Crippen molar-refractivity contribution in [1.29, 1.82) is 0 Å². The van der Waals surface area contributed by atoms with Gasteiger partial charge in [0.1, 0.15) is 0 Å². The zero-order valence-corrected chi connectivity index (χ0v) is 17.4.